The number of sulfonamides is 1. The minimum atomic E-state index is -3.58. The maximum atomic E-state index is 12.5. The van der Waals surface area contributed by atoms with Crippen LogP contribution in [-0.4, -0.2) is 27.0 Å². The lowest BCUT2D eigenvalue weighted by molar-refractivity contribution is 0.0949. The van der Waals surface area contributed by atoms with E-state index in [1.165, 1.54) is 12.1 Å². The first-order valence-electron chi connectivity index (χ1n) is 9.04. The summed E-state index contributed by atoms with van der Waals surface area (Å²) in [6, 6.07) is 13.9. The molecule has 0 saturated heterocycles. The van der Waals surface area contributed by atoms with Gasteiger partial charge in [0.05, 0.1) is 11.5 Å². The highest BCUT2D eigenvalue weighted by atomic mass is 32.2. The second kappa shape index (κ2) is 8.65. The topological polar surface area (TPSA) is 84.5 Å². The first-order valence-corrected chi connectivity index (χ1v) is 10.5. The average Bonchev–Trinajstić information content (AvgIpc) is 3.48. The molecule has 2 N–H and O–H groups in total. The molecule has 0 atom stereocenters. The molecule has 0 aromatic heterocycles. The molecule has 2 aromatic rings. The summed E-state index contributed by atoms with van der Waals surface area (Å²) in [5.41, 5.74) is 2.30. The molecule has 7 heteroatoms. The van der Waals surface area contributed by atoms with Crippen molar-refractivity contribution in [3.05, 3.63) is 65.2 Å². The first kappa shape index (κ1) is 19.5. The van der Waals surface area contributed by atoms with Crippen molar-refractivity contribution in [3.8, 4) is 0 Å². The van der Waals surface area contributed by atoms with Crippen LogP contribution in [0.5, 0.6) is 0 Å². The molecular weight excluding hydrogens is 364 g/mol. The van der Waals surface area contributed by atoms with Crippen molar-refractivity contribution < 1.29 is 17.9 Å². The number of benzene rings is 2. The van der Waals surface area contributed by atoms with Crippen molar-refractivity contribution in [1.29, 1.82) is 0 Å². The van der Waals surface area contributed by atoms with Gasteiger partial charge in [0.15, 0.2) is 0 Å². The van der Waals surface area contributed by atoms with Gasteiger partial charge in [-0.15, -0.1) is 0 Å². The van der Waals surface area contributed by atoms with Gasteiger partial charge < -0.3 is 10.1 Å². The van der Waals surface area contributed by atoms with Gasteiger partial charge in [0.1, 0.15) is 0 Å². The van der Waals surface area contributed by atoms with Gasteiger partial charge in [0.25, 0.3) is 5.91 Å². The predicted octanol–water partition coefficient (Wildman–Crippen LogP) is 2.59. The smallest absolute Gasteiger partial charge is 0.251 e. The zero-order valence-corrected chi connectivity index (χ0v) is 16.1. The molecule has 0 aliphatic heterocycles. The molecule has 6 nitrogen and oxygen atoms in total. The van der Waals surface area contributed by atoms with E-state index in [-0.39, 0.29) is 16.8 Å². The Morgan fingerprint density at radius 3 is 2.56 bits per heavy atom. The quantitative estimate of drug-likeness (QED) is 0.692. The van der Waals surface area contributed by atoms with Crippen LogP contribution in [0.1, 0.15) is 41.3 Å². The average molecular weight is 388 g/mol. The summed E-state index contributed by atoms with van der Waals surface area (Å²) in [5.74, 6) is -0.315. The van der Waals surface area contributed by atoms with Crippen LogP contribution in [0.15, 0.2) is 53.4 Å². The lowest BCUT2D eigenvalue weighted by Crippen LogP contribution is -2.27. The standard InChI is InChI=1S/C20H24N2O4S/c1-2-26-14-17-7-4-3-6-16(17)13-21-20(23)15-8-5-9-19(12-15)27(24,25)22-18-10-11-18/h3-9,12,18,22H,2,10-11,13-14H2,1H3,(H,21,23). The molecule has 0 unspecified atom stereocenters. The summed E-state index contributed by atoms with van der Waals surface area (Å²) in [7, 11) is -3.58. The Morgan fingerprint density at radius 1 is 1.11 bits per heavy atom. The van der Waals surface area contributed by atoms with E-state index in [1.54, 1.807) is 12.1 Å². The van der Waals surface area contributed by atoms with E-state index in [4.69, 9.17) is 4.74 Å². The highest BCUT2D eigenvalue weighted by Crippen LogP contribution is 2.22. The van der Waals surface area contributed by atoms with Crippen molar-refractivity contribution >= 4 is 15.9 Å². The molecule has 1 fully saturated rings. The van der Waals surface area contributed by atoms with Gasteiger partial charge in [-0.3, -0.25) is 4.79 Å². The second-order valence-corrected chi connectivity index (χ2v) is 8.23. The van der Waals surface area contributed by atoms with E-state index >= 15 is 0 Å². The molecule has 1 aliphatic rings. The summed E-state index contributed by atoms with van der Waals surface area (Å²) in [4.78, 5) is 12.6. The highest BCUT2D eigenvalue weighted by molar-refractivity contribution is 7.89. The van der Waals surface area contributed by atoms with Gasteiger partial charge in [-0.05, 0) is 49.1 Å². The fourth-order valence-corrected chi connectivity index (χ4v) is 4.00. The van der Waals surface area contributed by atoms with Gasteiger partial charge in [0.2, 0.25) is 10.0 Å². The van der Waals surface area contributed by atoms with Crippen LogP contribution < -0.4 is 10.0 Å². The Bertz CT molecular complexity index is 908. The monoisotopic (exact) mass is 388 g/mol. The van der Waals surface area contributed by atoms with Crippen molar-refractivity contribution in [2.24, 2.45) is 0 Å². The molecule has 0 radical (unpaired) electrons. The van der Waals surface area contributed by atoms with Crippen LogP contribution in [0.4, 0.5) is 0 Å². The Morgan fingerprint density at radius 2 is 1.85 bits per heavy atom. The van der Waals surface area contributed by atoms with Crippen LogP contribution in [0.3, 0.4) is 0 Å². The number of amides is 1. The minimum absolute atomic E-state index is 0.0225. The van der Waals surface area contributed by atoms with E-state index < -0.39 is 10.0 Å². The molecule has 1 amide bonds. The van der Waals surface area contributed by atoms with E-state index in [9.17, 15) is 13.2 Å². The van der Waals surface area contributed by atoms with E-state index in [1.807, 2.05) is 31.2 Å². The highest BCUT2D eigenvalue weighted by Gasteiger charge is 2.28. The van der Waals surface area contributed by atoms with E-state index in [0.29, 0.717) is 25.3 Å². The Hall–Kier alpha value is -2.22. The molecule has 27 heavy (non-hydrogen) atoms. The van der Waals surface area contributed by atoms with Crippen LogP contribution in [0, 0.1) is 0 Å². The molecular formula is C20H24N2O4S. The van der Waals surface area contributed by atoms with Crippen LogP contribution in [-0.2, 0) is 27.9 Å². The molecule has 0 bridgehead atoms. The predicted molar refractivity (Wildman–Crippen MR) is 103 cm³/mol. The fraction of sp³-hybridized carbons (Fsp3) is 0.350. The summed E-state index contributed by atoms with van der Waals surface area (Å²) < 4.78 is 32.7. The number of hydrogen-bond acceptors (Lipinski definition) is 4. The third-order valence-electron chi connectivity index (χ3n) is 4.33. The fourth-order valence-electron chi connectivity index (χ4n) is 2.65. The Kier molecular flexibility index (Phi) is 6.26. The number of rotatable bonds is 9. The second-order valence-electron chi connectivity index (χ2n) is 6.51. The summed E-state index contributed by atoms with van der Waals surface area (Å²) in [5, 5.41) is 2.85. The van der Waals surface area contributed by atoms with Gasteiger partial charge >= 0.3 is 0 Å². The van der Waals surface area contributed by atoms with Gasteiger partial charge in [-0.25, -0.2) is 13.1 Å². The third kappa shape index (κ3) is 5.38. The lowest BCUT2D eigenvalue weighted by atomic mass is 10.1. The molecule has 2 aromatic carbocycles. The number of ether oxygens (including phenoxy) is 1. The molecule has 0 heterocycles. The Balaban J connectivity index is 1.67. The van der Waals surface area contributed by atoms with Crippen molar-refractivity contribution in [1.82, 2.24) is 10.0 Å². The van der Waals surface area contributed by atoms with Crippen LogP contribution in [0.2, 0.25) is 0 Å². The molecule has 1 saturated carbocycles. The number of carbonyl (C=O) groups is 1. The molecule has 144 valence electrons. The SMILES string of the molecule is CCOCc1ccccc1CNC(=O)c1cccc(S(=O)(=O)NC2CC2)c1. The summed E-state index contributed by atoms with van der Waals surface area (Å²) in [6.45, 7) is 3.39. The van der Waals surface area contributed by atoms with Crippen LogP contribution in [0.25, 0.3) is 0 Å². The van der Waals surface area contributed by atoms with E-state index in [2.05, 4.69) is 10.0 Å². The third-order valence-corrected chi connectivity index (χ3v) is 5.84. The maximum Gasteiger partial charge on any atom is 0.251 e. The van der Waals surface area contributed by atoms with Crippen molar-refractivity contribution in [2.75, 3.05) is 6.61 Å². The zero-order chi connectivity index (χ0) is 19.3. The van der Waals surface area contributed by atoms with Crippen molar-refractivity contribution in [3.63, 3.8) is 0 Å². The summed E-state index contributed by atoms with van der Waals surface area (Å²) in [6.07, 6.45) is 1.72. The van der Waals surface area contributed by atoms with Gasteiger partial charge in [-0.1, -0.05) is 30.3 Å². The van der Waals surface area contributed by atoms with Crippen LogP contribution >= 0.6 is 0 Å². The van der Waals surface area contributed by atoms with E-state index in [0.717, 1.165) is 24.0 Å². The molecule has 0 spiro atoms. The van der Waals surface area contributed by atoms with Gasteiger partial charge in [-0.2, -0.15) is 0 Å². The number of hydrogen-bond donors (Lipinski definition) is 2. The number of nitrogens with one attached hydrogen (secondary N) is 2. The number of carbonyl (C=O) groups excluding carboxylic acids is 1. The van der Waals surface area contributed by atoms with Gasteiger partial charge in [0, 0.05) is 24.8 Å². The molecule has 1 aliphatic carbocycles. The zero-order valence-electron chi connectivity index (χ0n) is 15.3. The Labute approximate surface area is 160 Å². The molecule has 3 rings (SSSR count). The van der Waals surface area contributed by atoms with Crippen molar-refractivity contribution in [2.45, 2.75) is 43.9 Å². The minimum Gasteiger partial charge on any atom is -0.377 e. The normalized spacial score (nSPS) is 14.1. The summed E-state index contributed by atoms with van der Waals surface area (Å²) >= 11 is 0. The first-order chi connectivity index (χ1) is 13.0. The maximum absolute atomic E-state index is 12.5. The largest absolute Gasteiger partial charge is 0.377 e. The lowest BCUT2D eigenvalue weighted by Gasteiger charge is -2.11.